The first-order chi connectivity index (χ1) is 10.2. The van der Waals surface area contributed by atoms with Crippen LogP contribution in [0.1, 0.15) is 16.8 Å². The van der Waals surface area contributed by atoms with E-state index >= 15 is 0 Å². The molecule has 1 heterocycles. The predicted octanol–water partition coefficient (Wildman–Crippen LogP) is 3.88. The summed E-state index contributed by atoms with van der Waals surface area (Å²) in [6.07, 6.45) is 3.43. The maximum absolute atomic E-state index is 13.8. The summed E-state index contributed by atoms with van der Waals surface area (Å²) in [6.45, 7) is 0. The summed E-state index contributed by atoms with van der Waals surface area (Å²) >= 11 is 0. The first-order valence-corrected chi connectivity index (χ1v) is 6.19. The van der Waals surface area contributed by atoms with Crippen LogP contribution in [0.2, 0.25) is 0 Å². The zero-order valence-electron chi connectivity index (χ0n) is 10.8. The number of fused-ring (bicyclic) bond motifs is 1. The third-order valence-corrected chi connectivity index (χ3v) is 3.09. The molecule has 0 fully saturated rings. The first kappa shape index (κ1) is 13.0. The number of aromatic amines is 1. The molecule has 1 N–H and O–H groups in total. The SMILES string of the molecule is N#Cc1cc(F)c2[nH]nc(/C=C/c3ccc(F)cc3)c2c1. The highest BCUT2D eigenvalue weighted by atomic mass is 19.1. The molecular weight excluding hydrogens is 272 g/mol. The van der Waals surface area contributed by atoms with Gasteiger partial charge in [-0.2, -0.15) is 10.4 Å². The fraction of sp³-hybridized carbons (Fsp3) is 0. The monoisotopic (exact) mass is 281 g/mol. The Morgan fingerprint density at radius 3 is 2.57 bits per heavy atom. The van der Waals surface area contributed by atoms with Crippen LogP contribution in [-0.2, 0) is 0 Å². The van der Waals surface area contributed by atoms with Crippen LogP contribution < -0.4 is 0 Å². The number of nitriles is 1. The molecule has 0 unspecified atom stereocenters. The Bertz CT molecular complexity index is 871. The van der Waals surface area contributed by atoms with Gasteiger partial charge in [0.05, 0.1) is 17.3 Å². The van der Waals surface area contributed by atoms with Crippen LogP contribution in [0.25, 0.3) is 23.1 Å². The second kappa shape index (κ2) is 5.17. The van der Waals surface area contributed by atoms with Crippen LogP contribution >= 0.6 is 0 Å². The molecule has 3 aromatic rings. The van der Waals surface area contributed by atoms with Crippen molar-refractivity contribution in [3.05, 3.63) is 64.9 Å². The number of halogens is 2. The maximum atomic E-state index is 13.8. The van der Waals surface area contributed by atoms with E-state index in [0.717, 1.165) is 11.6 Å². The van der Waals surface area contributed by atoms with Crippen molar-refractivity contribution in [3.8, 4) is 6.07 Å². The van der Waals surface area contributed by atoms with Gasteiger partial charge in [0.2, 0.25) is 0 Å². The molecule has 2 aromatic carbocycles. The zero-order chi connectivity index (χ0) is 14.8. The van der Waals surface area contributed by atoms with Crippen molar-refractivity contribution in [1.82, 2.24) is 10.2 Å². The van der Waals surface area contributed by atoms with Crippen molar-refractivity contribution in [3.63, 3.8) is 0 Å². The summed E-state index contributed by atoms with van der Waals surface area (Å²) in [5.41, 5.74) is 1.81. The van der Waals surface area contributed by atoms with Crippen molar-refractivity contribution >= 4 is 23.1 Å². The van der Waals surface area contributed by atoms with Crippen molar-refractivity contribution < 1.29 is 8.78 Å². The summed E-state index contributed by atoms with van der Waals surface area (Å²) in [5.74, 6) is -0.823. The Labute approximate surface area is 119 Å². The molecule has 0 aliphatic carbocycles. The van der Waals surface area contributed by atoms with Crippen LogP contribution in [0.3, 0.4) is 0 Å². The van der Waals surface area contributed by atoms with Gasteiger partial charge in [-0.1, -0.05) is 18.2 Å². The molecule has 0 atom stereocenters. The quantitative estimate of drug-likeness (QED) is 0.775. The van der Waals surface area contributed by atoms with Gasteiger partial charge in [-0.15, -0.1) is 0 Å². The van der Waals surface area contributed by atoms with Gasteiger partial charge in [0, 0.05) is 5.39 Å². The van der Waals surface area contributed by atoms with E-state index in [4.69, 9.17) is 5.26 Å². The predicted molar refractivity (Wildman–Crippen MR) is 76.1 cm³/mol. The Morgan fingerprint density at radius 1 is 1.10 bits per heavy atom. The number of hydrogen-bond donors (Lipinski definition) is 1. The van der Waals surface area contributed by atoms with Gasteiger partial charge in [-0.3, -0.25) is 5.10 Å². The lowest BCUT2D eigenvalue weighted by Gasteiger charge is -1.95. The van der Waals surface area contributed by atoms with Crippen molar-refractivity contribution in [2.45, 2.75) is 0 Å². The summed E-state index contributed by atoms with van der Waals surface area (Å²) in [4.78, 5) is 0. The topological polar surface area (TPSA) is 52.5 Å². The number of nitrogens with one attached hydrogen (secondary N) is 1. The highest BCUT2D eigenvalue weighted by Gasteiger charge is 2.09. The summed E-state index contributed by atoms with van der Waals surface area (Å²) < 4.78 is 26.6. The normalized spacial score (nSPS) is 11.1. The highest BCUT2D eigenvalue weighted by molar-refractivity contribution is 5.90. The average Bonchev–Trinajstić information content (AvgIpc) is 2.90. The second-order valence-corrected chi connectivity index (χ2v) is 4.49. The van der Waals surface area contributed by atoms with E-state index in [9.17, 15) is 8.78 Å². The van der Waals surface area contributed by atoms with Gasteiger partial charge >= 0.3 is 0 Å². The van der Waals surface area contributed by atoms with Gasteiger partial charge in [-0.05, 0) is 35.9 Å². The van der Waals surface area contributed by atoms with E-state index in [1.165, 1.54) is 12.1 Å². The van der Waals surface area contributed by atoms with E-state index < -0.39 is 5.82 Å². The third-order valence-electron chi connectivity index (χ3n) is 3.09. The molecular formula is C16H9F2N3. The highest BCUT2D eigenvalue weighted by Crippen LogP contribution is 2.22. The molecule has 21 heavy (non-hydrogen) atoms. The number of rotatable bonds is 2. The van der Waals surface area contributed by atoms with Gasteiger partial charge in [0.25, 0.3) is 0 Å². The molecule has 3 nitrogen and oxygen atoms in total. The summed E-state index contributed by atoms with van der Waals surface area (Å²) in [6, 6.07) is 10.6. The second-order valence-electron chi connectivity index (χ2n) is 4.49. The van der Waals surface area contributed by atoms with Crippen molar-refractivity contribution in [2.24, 2.45) is 0 Å². The Balaban J connectivity index is 2.03. The minimum absolute atomic E-state index is 0.234. The van der Waals surface area contributed by atoms with Gasteiger partial charge in [0.15, 0.2) is 0 Å². The first-order valence-electron chi connectivity index (χ1n) is 6.19. The standard InChI is InChI=1S/C16H9F2N3/c17-12-4-1-10(2-5-12)3-6-15-13-7-11(9-19)8-14(18)16(13)21-20-15/h1-8H,(H,20,21)/b6-3+. The molecule has 0 saturated heterocycles. The van der Waals surface area contributed by atoms with E-state index in [0.29, 0.717) is 11.1 Å². The molecule has 102 valence electrons. The fourth-order valence-corrected chi connectivity index (χ4v) is 2.04. The molecule has 0 spiro atoms. The van der Waals surface area contributed by atoms with E-state index in [1.54, 1.807) is 30.4 Å². The van der Waals surface area contributed by atoms with Gasteiger partial charge in [-0.25, -0.2) is 8.78 Å². The molecule has 1 aromatic heterocycles. The van der Waals surface area contributed by atoms with Crippen LogP contribution in [0.4, 0.5) is 8.78 Å². The number of aromatic nitrogens is 2. The molecule has 0 bridgehead atoms. The fourth-order valence-electron chi connectivity index (χ4n) is 2.04. The summed E-state index contributed by atoms with van der Waals surface area (Å²) in [7, 11) is 0. The molecule has 3 rings (SSSR count). The largest absolute Gasteiger partial charge is 0.274 e. The van der Waals surface area contributed by atoms with Crippen LogP contribution in [0.5, 0.6) is 0 Å². The molecule has 0 aliphatic heterocycles. The molecule has 0 saturated carbocycles. The van der Waals surface area contributed by atoms with E-state index in [-0.39, 0.29) is 16.9 Å². The zero-order valence-corrected chi connectivity index (χ0v) is 10.8. The molecule has 0 radical (unpaired) electrons. The molecule has 5 heteroatoms. The smallest absolute Gasteiger partial charge is 0.150 e. The Morgan fingerprint density at radius 2 is 1.86 bits per heavy atom. The van der Waals surface area contributed by atoms with Crippen LogP contribution in [0.15, 0.2) is 36.4 Å². The Hall–Kier alpha value is -3.00. The number of nitrogens with zero attached hydrogens (tertiary/aromatic N) is 2. The lowest BCUT2D eigenvalue weighted by atomic mass is 10.1. The third kappa shape index (κ3) is 2.51. The number of hydrogen-bond acceptors (Lipinski definition) is 2. The average molecular weight is 281 g/mol. The minimum Gasteiger partial charge on any atom is -0.274 e. The molecule has 0 amide bonds. The minimum atomic E-state index is -0.516. The Kier molecular flexibility index (Phi) is 3.20. The van der Waals surface area contributed by atoms with E-state index in [2.05, 4.69) is 10.2 Å². The van der Waals surface area contributed by atoms with Gasteiger partial charge < -0.3 is 0 Å². The van der Waals surface area contributed by atoms with Crippen LogP contribution in [0, 0.1) is 23.0 Å². The lowest BCUT2D eigenvalue weighted by Crippen LogP contribution is -1.82. The maximum Gasteiger partial charge on any atom is 0.150 e. The van der Waals surface area contributed by atoms with E-state index in [1.807, 2.05) is 6.07 Å². The number of benzene rings is 2. The number of H-pyrrole nitrogens is 1. The van der Waals surface area contributed by atoms with Crippen molar-refractivity contribution in [2.75, 3.05) is 0 Å². The summed E-state index contributed by atoms with van der Waals surface area (Å²) in [5, 5.41) is 16.1. The van der Waals surface area contributed by atoms with Gasteiger partial charge in [0.1, 0.15) is 17.2 Å². The van der Waals surface area contributed by atoms with Crippen LogP contribution in [-0.4, -0.2) is 10.2 Å². The lowest BCUT2D eigenvalue weighted by molar-refractivity contribution is 0.627. The van der Waals surface area contributed by atoms with Crippen molar-refractivity contribution in [1.29, 1.82) is 5.26 Å². The molecule has 0 aliphatic rings.